The summed E-state index contributed by atoms with van der Waals surface area (Å²) in [6.07, 6.45) is 7.83. The smallest absolute Gasteiger partial charge is 0.315 e. The van der Waals surface area contributed by atoms with Gasteiger partial charge in [0.05, 0.1) is 6.54 Å². The Labute approximate surface area is 153 Å². The van der Waals surface area contributed by atoms with E-state index in [0.717, 1.165) is 56.6 Å². The fourth-order valence-electron chi connectivity index (χ4n) is 3.74. The zero-order chi connectivity index (χ0) is 17.9. The van der Waals surface area contributed by atoms with Crippen LogP contribution in [0.25, 0.3) is 0 Å². The molecule has 1 aromatic heterocycles. The van der Waals surface area contributed by atoms with Crippen LogP contribution < -0.4 is 10.6 Å². The van der Waals surface area contributed by atoms with Gasteiger partial charge in [0.2, 0.25) is 0 Å². The zero-order valence-corrected chi connectivity index (χ0v) is 16.2. The minimum absolute atomic E-state index is 0.178. The van der Waals surface area contributed by atoms with Gasteiger partial charge in [0.1, 0.15) is 4.21 Å². The van der Waals surface area contributed by atoms with E-state index in [1.54, 1.807) is 12.1 Å². The molecule has 2 N–H and O–H groups in total. The minimum atomic E-state index is -3.18. The van der Waals surface area contributed by atoms with Gasteiger partial charge in [0, 0.05) is 30.4 Å². The highest BCUT2D eigenvalue weighted by molar-refractivity contribution is 7.92. The normalized spacial score (nSPS) is 21.2. The summed E-state index contributed by atoms with van der Waals surface area (Å²) < 4.78 is 28.8. The molecule has 0 aromatic carbocycles. The second kappa shape index (κ2) is 7.63. The Balaban J connectivity index is 1.42. The van der Waals surface area contributed by atoms with Crippen LogP contribution in [0, 0.1) is 5.41 Å². The van der Waals surface area contributed by atoms with Crippen LogP contribution in [0.1, 0.15) is 43.4 Å². The molecular formula is C17H26N2O4S2. The number of nitrogens with one attached hydrogen (secondary N) is 2. The van der Waals surface area contributed by atoms with Gasteiger partial charge >= 0.3 is 6.03 Å². The summed E-state index contributed by atoms with van der Waals surface area (Å²) >= 11 is 1.20. The van der Waals surface area contributed by atoms with Crippen molar-refractivity contribution in [1.29, 1.82) is 0 Å². The van der Waals surface area contributed by atoms with E-state index in [9.17, 15) is 13.2 Å². The molecule has 1 aromatic rings. The molecule has 140 valence electrons. The van der Waals surface area contributed by atoms with Crippen LogP contribution in [0.4, 0.5) is 4.79 Å². The highest BCUT2D eigenvalue weighted by atomic mass is 32.2. The number of urea groups is 1. The number of hydrogen-bond donors (Lipinski definition) is 2. The third-order valence-corrected chi connectivity index (χ3v) is 8.27. The summed E-state index contributed by atoms with van der Waals surface area (Å²) in [4.78, 5) is 12.9. The fourth-order valence-corrected chi connectivity index (χ4v) is 5.65. The molecule has 6 nitrogen and oxygen atoms in total. The Morgan fingerprint density at radius 3 is 2.52 bits per heavy atom. The van der Waals surface area contributed by atoms with Crippen LogP contribution >= 0.6 is 11.3 Å². The van der Waals surface area contributed by atoms with Crippen LogP contribution in [0.3, 0.4) is 0 Å². The average Bonchev–Trinajstić information content (AvgIpc) is 3.06. The maximum absolute atomic E-state index is 12.1. The monoisotopic (exact) mass is 386 g/mol. The van der Waals surface area contributed by atoms with Gasteiger partial charge in [-0.05, 0) is 56.1 Å². The first-order chi connectivity index (χ1) is 11.9. The van der Waals surface area contributed by atoms with Crippen molar-refractivity contribution in [3.05, 3.63) is 17.0 Å². The van der Waals surface area contributed by atoms with Crippen LogP contribution in [0.5, 0.6) is 0 Å². The van der Waals surface area contributed by atoms with Crippen molar-refractivity contribution in [2.45, 2.75) is 55.3 Å². The zero-order valence-electron chi connectivity index (χ0n) is 14.5. The Morgan fingerprint density at radius 1 is 1.24 bits per heavy atom. The molecule has 0 unspecified atom stereocenters. The summed E-state index contributed by atoms with van der Waals surface area (Å²) in [5.74, 6) is 0. The van der Waals surface area contributed by atoms with Crippen molar-refractivity contribution in [3.63, 3.8) is 0 Å². The van der Waals surface area contributed by atoms with E-state index in [1.807, 2.05) is 0 Å². The molecule has 25 heavy (non-hydrogen) atoms. The van der Waals surface area contributed by atoms with Crippen LogP contribution in [0.2, 0.25) is 0 Å². The Kier molecular flexibility index (Phi) is 5.70. The molecule has 8 heteroatoms. The average molecular weight is 387 g/mol. The molecule has 2 aliphatic rings. The summed E-state index contributed by atoms with van der Waals surface area (Å²) in [6.45, 7) is 2.09. The maximum atomic E-state index is 12.1. The second-order valence-electron chi connectivity index (χ2n) is 7.21. The van der Waals surface area contributed by atoms with Crippen molar-refractivity contribution in [3.8, 4) is 0 Å². The number of carbonyl (C=O) groups is 1. The second-order valence-corrected chi connectivity index (χ2v) is 10.6. The largest absolute Gasteiger partial charge is 0.381 e. The van der Waals surface area contributed by atoms with Crippen molar-refractivity contribution in [1.82, 2.24) is 10.6 Å². The Morgan fingerprint density at radius 2 is 1.92 bits per heavy atom. The van der Waals surface area contributed by atoms with E-state index in [0.29, 0.717) is 16.2 Å². The SMILES string of the molecule is CS(=O)(=O)c1ccc(CNC(=O)NC2CCC3(CCOCC3)CC2)s1. The predicted molar refractivity (Wildman–Crippen MR) is 97.5 cm³/mol. The Hall–Kier alpha value is -1.12. The standard InChI is InChI=1S/C17H26N2O4S2/c1-25(21,22)15-3-2-14(24-15)12-18-16(20)19-13-4-6-17(7-5-13)8-10-23-11-9-17/h2-3,13H,4-12H2,1H3,(H2,18,19,20). The lowest BCUT2D eigenvalue weighted by Gasteiger charge is -2.42. The van der Waals surface area contributed by atoms with Crippen molar-refractivity contribution in [2.75, 3.05) is 19.5 Å². The molecule has 0 atom stereocenters. The number of amides is 2. The minimum Gasteiger partial charge on any atom is -0.381 e. The highest BCUT2D eigenvalue weighted by Gasteiger charge is 2.36. The number of carbonyl (C=O) groups excluding carboxylic acids is 1. The van der Waals surface area contributed by atoms with Gasteiger partial charge in [-0.25, -0.2) is 13.2 Å². The van der Waals surface area contributed by atoms with E-state index in [-0.39, 0.29) is 12.1 Å². The molecule has 1 aliphatic heterocycles. The first-order valence-corrected chi connectivity index (χ1v) is 11.5. The van der Waals surface area contributed by atoms with Gasteiger partial charge in [-0.15, -0.1) is 11.3 Å². The first-order valence-electron chi connectivity index (χ1n) is 8.77. The van der Waals surface area contributed by atoms with Gasteiger partial charge in [-0.1, -0.05) is 0 Å². The molecule has 1 spiro atoms. The first kappa shape index (κ1) is 18.7. The maximum Gasteiger partial charge on any atom is 0.315 e. The van der Waals surface area contributed by atoms with Gasteiger partial charge in [-0.3, -0.25) is 0 Å². The highest BCUT2D eigenvalue weighted by Crippen LogP contribution is 2.44. The lowest BCUT2D eigenvalue weighted by atomic mass is 9.68. The van der Waals surface area contributed by atoms with Gasteiger partial charge in [0.25, 0.3) is 0 Å². The molecule has 0 bridgehead atoms. The number of sulfone groups is 1. The summed E-state index contributed by atoms with van der Waals surface area (Å²) in [5.41, 5.74) is 0.436. The van der Waals surface area contributed by atoms with Crippen LogP contribution in [-0.4, -0.2) is 40.0 Å². The number of rotatable bonds is 4. The topological polar surface area (TPSA) is 84.5 Å². The van der Waals surface area contributed by atoms with E-state index in [1.165, 1.54) is 17.6 Å². The molecule has 1 aliphatic carbocycles. The fraction of sp³-hybridized carbons (Fsp3) is 0.706. The molecule has 2 amide bonds. The predicted octanol–water partition coefficient (Wildman–Crippen LogP) is 2.69. The van der Waals surface area contributed by atoms with Crippen molar-refractivity contribution < 1.29 is 17.9 Å². The molecule has 1 saturated heterocycles. The molecular weight excluding hydrogens is 360 g/mol. The summed E-state index contributed by atoms with van der Waals surface area (Å²) in [5, 5.41) is 5.88. The van der Waals surface area contributed by atoms with Crippen molar-refractivity contribution >= 4 is 27.2 Å². The van der Waals surface area contributed by atoms with Crippen LogP contribution in [-0.2, 0) is 21.1 Å². The third-order valence-electron chi connectivity index (χ3n) is 5.36. The quantitative estimate of drug-likeness (QED) is 0.833. The van der Waals surface area contributed by atoms with E-state index in [2.05, 4.69) is 10.6 Å². The van der Waals surface area contributed by atoms with Gasteiger partial charge in [0.15, 0.2) is 9.84 Å². The number of hydrogen-bond acceptors (Lipinski definition) is 5. The summed E-state index contributed by atoms with van der Waals surface area (Å²) in [6, 6.07) is 3.38. The lowest BCUT2D eigenvalue weighted by molar-refractivity contribution is -0.00860. The molecule has 2 heterocycles. The number of thiophene rings is 1. The van der Waals surface area contributed by atoms with Gasteiger partial charge < -0.3 is 15.4 Å². The van der Waals surface area contributed by atoms with E-state index in [4.69, 9.17) is 4.74 Å². The lowest BCUT2D eigenvalue weighted by Crippen LogP contribution is -2.45. The molecule has 1 saturated carbocycles. The van der Waals surface area contributed by atoms with E-state index < -0.39 is 9.84 Å². The van der Waals surface area contributed by atoms with Crippen molar-refractivity contribution in [2.24, 2.45) is 5.41 Å². The van der Waals surface area contributed by atoms with Crippen LogP contribution in [0.15, 0.2) is 16.3 Å². The molecule has 0 radical (unpaired) electrons. The molecule has 3 rings (SSSR count). The van der Waals surface area contributed by atoms with E-state index >= 15 is 0 Å². The van der Waals surface area contributed by atoms with Gasteiger partial charge in [-0.2, -0.15) is 0 Å². The Bertz CT molecular complexity index is 698. The molecule has 2 fully saturated rings. The third kappa shape index (κ3) is 4.95. The summed E-state index contributed by atoms with van der Waals surface area (Å²) in [7, 11) is -3.18. The number of ether oxygens (including phenoxy) is 1.